The van der Waals surface area contributed by atoms with Gasteiger partial charge in [-0.2, -0.15) is 0 Å². The van der Waals surface area contributed by atoms with Crippen molar-refractivity contribution in [2.24, 2.45) is 5.92 Å². The minimum absolute atomic E-state index is 0.0845. The SMILES string of the molecule is O=C1NNC=C2CC=CCC12. The summed E-state index contributed by atoms with van der Waals surface area (Å²) in [4.78, 5) is 11.2. The fourth-order valence-electron chi connectivity index (χ4n) is 1.47. The predicted molar refractivity (Wildman–Crippen MR) is 41.2 cm³/mol. The van der Waals surface area contributed by atoms with Gasteiger partial charge < -0.3 is 5.43 Å². The summed E-state index contributed by atoms with van der Waals surface area (Å²) >= 11 is 0. The molecule has 1 unspecified atom stereocenters. The van der Waals surface area contributed by atoms with Gasteiger partial charge in [0.05, 0.1) is 5.92 Å². The van der Waals surface area contributed by atoms with E-state index in [2.05, 4.69) is 23.0 Å². The highest BCUT2D eigenvalue weighted by atomic mass is 16.2. The number of carbonyl (C=O) groups excluding carboxylic acids is 1. The maximum Gasteiger partial charge on any atom is 0.245 e. The minimum Gasteiger partial charge on any atom is -0.306 e. The zero-order valence-electron chi connectivity index (χ0n) is 6.13. The Morgan fingerprint density at radius 1 is 1.45 bits per heavy atom. The maximum atomic E-state index is 11.2. The van der Waals surface area contributed by atoms with Crippen molar-refractivity contribution in [3.63, 3.8) is 0 Å². The van der Waals surface area contributed by atoms with Gasteiger partial charge in [0.2, 0.25) is 5.91 Å². The standard InChI is InChI=1S/C8H10N2O/c11-8-7-4-2-1-3-6(7)5-9-10-8/h1-2,5,7,9H,3-4H2,(H,10,11). The van der Waals surface area contributed by atoms with Crippen molar-refractivity contribution < 1.29 is 4.79 Å². The van der Waals surface area contributed by atoms with Gasteiger partial charge in [-0.05, 0) is 18.4 Å². The lowest BCUT2D eigenvalue weighted by atomic mass is 9.88. The van der Waals surface area contributed by atoms with Crippen LogP contribution in [0.2, 0.25) is 0 Å². The zero-order chi connectivity index (χ0) is 7.68. The van der Waals surface area contributed by atoms with Crippen molar-refractivity contribution in [3.8, 4) is 0 Å². The predicted octanol–water partition coefficient (Wildman–Crippen LogP) is 0.471. The summed E-state index contributed by atoms with van der Waals surface area (Å²) < 4.78 is 0. The Balaban J connectivity index is 2.27. The van der Waals surface area contributed by atoms with Gasteiger partial charge in [0.25, 0.3) is 0 Å². The van der Waals surface area contributed by atoms with Crippen molar-refractivity contribution >= 4 is 5.91 Å². The fourth-order valence-corrected chi connectivity index (χ4v) is 1.47. The first-order chi connectivity index (χ1) is 5.38. The minimum atomic E-state index is 0.0845. The van der Waals surface area contributed by atoms with Crippen LogP contribution in [0.15, 0.2) is 23.9 Å². The van der Waals surface area contributed by atoms with Crippen LogP contribution in [0.4, 0.5) is 0 Å². The summed E-state index contributed by atoms with van der Waals surface area (Å²) in [6, 6.07) is 0. The molecule has 58 valence electrons. The normalized spacial score (nSPS) is 28.2. The molecule has 3 nitrogen and oxygen atoms in total. The fraction of sp³-hybridized carbons (Fsp3) is 0.375. The average molecular weight is 150 g/mol. The third kappa shape index (κ3) is 1.02. The molecule has 1 aliphatic heterocycles. The molecule has 0 aromatic carbocycles. The first-order valence-corrected chi connectivity index (χ1v) is 3.77. The van der Waals surface area contributed by atoms with Crippen LogP contribution in [-0.4, -0.2) is 5.91 Å². The number of hydrogen-bond donors (Lipinski definition) is 2. The number of nitrogens with one attached hydrogen (secondary N) is 2. The van der Waals surface area contributed by atoms with E-state index in [9.17, 15) is 4.79 Å². The highest BCUT2D eigenvalue weighted by Gasteiger charge is 2.25. The summed E-state index contributed by atoms with van der Waals surface area (Å²) in [6.45, 7) is 0. The van der Waals surface area contributed by atoms with Gasteiger partial charge in [-0.25, -0.2) is 0 Å². The molecule has 1 heterocycles. The number of allylic oxidation sites excluding steroid dienone is 2. The molecule has 1 atom stereocenters. The Kier molecular flexibility index (Phi) is 1.42. The Labute approximate surface area is 65.1 Å². The number of amides is 1. The van der Waals surface area contributed by atoms with Crippen LogP contribution in [-0.2, 0) is 4.79 Å². The van der Waals surface area contributed by atoms with Crippen LogP contribution in [0.3, 0.4) is 0 Å². The third-order valence-corrected chi connectivity index (χ3v) is 2.11. The largest absolute Gasteiger partial charge is 0.306 e. The lowest BCUT2D eigenvalue weighted by Gasteiger charge is -2.25. The summed E-state index contributed by atoms with van der Waals surface area (Å²) in [5.74, 6) is 0.174. The molecule has 0 spiro atoms. The molecule has 1 amide bonds. The van der Waals surface area contributed by atoms with Crippen molar-refractivity contribution in [2.75, 3.05) is 0 Å². The number of carbonyl (C=O) groups is 1. The van der Waals surface area contributed by atoms with E-state index in [1.54, 1.807) is 0 Å². The molecule has 2 N–H and O–H groups in total. The van der Waals surface area contributed by atoms with E-state index in [0.29, 0.717) is 0 Å². The number of rotatable bonds is 0. The van der Waals surface area contributed by atoms with Crippen LogP contribution >= 0.6 is 0 Å². The molecule has 0 saturated heterocycles. The molecule has 0 saturated carbocycles. The van der Waals surface area contributed by atoms with Gasteiger partial charge in [-0.3, -0.25) is 10.2 Å². The van der Waals surface area contributed by atoms with Crippen LogP contribution in [0.1, 0.15) is 12.8 Å². The van der Waals surface area contributed by atoms with Crippen LogP contribution in [0.5, 0.6) is 0 Å². The van der Waals surface area contributed by atoms with Crippen LogP contribution < -0.4 is 10.9 Å². The zero-order valence-corrected chi connectivity index (χ0v) is 6.13. The molecule has 0 bridgehead atoms. The Morgan fingerprint density at radius 2 is 2.36 bits per heavy atom. The molecule has 0 aromatic heterocycles. The number of hydrogen-bond acceptors (Lipinski definition) is 2. The van der Waals surface area contributed by atoms with E-state index in [4.69, 9.17) is 0 Å². The maximum absolute atomic E-state index is 11.2. The van der Waals surface area contributed by atoms with Crippen LogP contribution in [0.25, 0.3) is 0 Å². The molecule has 0 fully saturated rings. The molecule has 0 aromatic rings. The number of hydrazine groups is 1. The lowest BCUT2D eigenvalue weighted by molar-refractivity contribution is -0.125. The quantitative estimate of drug-likeness (QED) is 0.493. The summed E-state index contributed by atoms with van der Waals surface area (Å²) in [5, 5.41) is 0. The van der Waals surface area contributed by atoms with Gasteiger partial charge >= 0.3 is 0 Å². The summed E-state index contributed by atoms with van der Waals surface area (Å²) in [6.07, 6.45) is 7.80. The van der Waals surface area contributed by atoms with E-state index < -0.39 is 0 Å². The topological polar surface area (TPSA) is 41.1 Å². The van der Waals surface area contributed by atoms with E-state index in [1.165, 1.54) is 5.57 Å². The smallest absolute Gasteiger partial charge is 0.245 e. The summed E-state index contributed by atoms with van der Waals surface area (Å²) in [7, 11) is 0. The van der Waals surface area contributed by atoms with Gasteiger partial charge in [-0.15, -0.1) is 0 Å². The first-order valence-electron chi connectivity index (χ1n) is 3.77. The van der Waals surface area contributed by atoms with E-state index in [0.717, 1.165) is 12.8 Å². The molecule has 11 heavy (non-hydrogen) atoms. The van der Waals surface area contributed by atoms with Gasteiger partial charge in [0, 0.05) is 6.20 Å². The van der Waals surface area contributed by atoms with Gasteiger partial charge in [0.15, 0.2) is 0 Å². The Bertz CT molecular complexity index is 242. The van der Waals surface area contributed by atoms with Crippen molar-refractivity contribution in [3.05, 3.63) is 23.9 Å². The highest BCUT2D eigenvalue weighted by Crippen LogP contribution is 2.25. The molecular formula is C8H10N2O. The van der Waals surface area contributed by atoms with Crippen LogP contribution in [0, 0.1) is 5.92 Å². The first kappa shape index (κ1) is 6.46. The third-order valence-electron chi connectivity index (χ3n) is 2.11. The van der Waals surface area contributed by atoms with Gasteiger partial charge in [-0.1, -0.05) is 12.2 Å². The molecule has 2 aliphatic rings. The van der Waals surface area contributed by atoms with Crippen molar-refractivity contribution in [2.45, 2.75) is 12.8 Å². The second-order valence-corrected chi connectivity index (χ2v) is 2.82. The Hall–Kier alpha value is -1.25. The molecule has 1 aliphatic carbocycles. The monoisotopic (exact) mass is 150 g/mol. The molecule has 2 rings (SSSR count). The second kappa shape index (κ2) is 2.42. The number of fused-ring (bicyclic) bond motifs is 1. The molecule has 0 radical (unpaired) electrons. The highest BCUT2D eigenvalue weighted by molar-refractivity contribution is 5.82. The lowest BCUT2D eigenvalue weighted by Crippen LogP contribution is -2.43. The summed E-state index contributed by atoms with van der Waals surface area (Å²) in [5.41, 5.74) is 6.51. The van der Waals surface area contributed by atoms with Gasteiger partial charge in [0.1, 0.15) is 0 Å². The van der Waals surface area contributed by atoms with E-state index in [-0.39, 0.29) is 11.8 Å². The Morgan fingerprint density at radius 3 is 3.18 bits per heavy atom. The van der Waals surface area contributed by atoms with E-state index >= 15 is 0 Å². The second-order valence-electron chi connectivity index (χ2n) is 2.82. The molecular weight excluding hydrogens is 140 g/mol. The van der Waals surface area contributed by atoms with Crippen molar-refractivity contribution in [1.82, 2.24) is 10.9 Å². The van der Waals surface area contributed by atoms with E-state index in [1.807, 2.05) is 6.20 Å². The van der Waals surface area contributed by atoms with Crippen molar-refractivity contribution in [1.29, 1.82) is 0 Å². The molecule has 3 heteroatoms. The average Bonchev–Trinajstić information content (AvgIpc) is 2.06.